The highest BCUT2D eigenvalue weighted by Gasteiger charge is 2.28. The summed E-state index contributed by atoms with van der Waals surface area (Å²) in [7, 11) is 0. The number of hydrogen-bond acceptors (Lipinski definition) is 6. The minimum Gasteiger partial charge on any atom is -0.394 e. The third-order valence-corrected chi connectivity index (χ3v) is 4.41. The standard InChI is InChI=1S/C15H20N6O/c22-8-7-21-13-11-20(10-12(13)9-18-21)15-14(16-3-4-17-15)19-5-1-2-6-19/h3-4,9,22H,1-2,5-8,10-11H2. The van der Waals surface area contributed by atoms with Gasteiger partial charge in [0.15, 0.2) is 11.6 Å². The predicted octanol–water partition coefficient (Wildman–Crippen LogP) is 0.786. The summed E-state index contributed by atoms with van der Waals surface area (Å²) in [5, 5.41) is 13.5. The molecule has 0 atom stereocenters. The second-order valence-electron chi connectivity index (χ2n) is 5.82. The number of anilines is 2. The van der Waals surface area contributed by atoms with Gasteiger partial charge < -0.3 is 14.9 Å². The van der Waals surface area contributed by atoms with E-state index in [-0.39, 0.29) is 6.61 Å². The number of aliphatic hydroxyl groups excluding tert-OH is 1. The Hall–Kier alpha value is -2.15. The molecule has 7 nitrogen and oxygen atoms in total. The number of hydrogen-bond donors (Lipinski definition) is 1. The highest BCUT2D eigenvalue weighted by Crippen LogP contribution is 2.33. The van der Waals surface area contributed by atoms with Crippen LogP contribution in [0.5, 0.6) is 0 Å². The Kier molecular flexibility index (Phi) is 3.42. The van der Waals surface area contributed by atoms with E-state index in [9.17, 15) is 0 Å². The predicted molar refractivity (Wildman–Crippen MR) is 82.7 cm³/mol. The summed E-state index contributed by atoms with van der Waals surface area (Å²) in [5.41, 5.74) is 2.39. The van der Waals surface area contributed by atoms with Gasteiger partial charge in [-0.15, -0.1) is 0 Å². The van der Waals surface area contributed by atoms with Crippen LogP contribution < -0.4 is 9.80 Å². The van der Waals surface area contributed by atoms with Crippen molar-refractivity contribution in [2.75, 3.05) is 29.5 Å². The minimum atomic E-state index is 0.109. The number of aromatic nitrogens is 4. The lowest BCUT2D eigenvalue weighted by atomic mass is 10.3. The van der Waals surface area contributed by atoms with Crippen molar-refractivity contribution in [1.29, 1.82) is 0 Å². The first-order valence-corrected chi connectivity index (χ1v) is 7.82. The van der Waals surface area contributed by atoms with Crippen LogP contribution in [0.3, 0.4) is 0 Å². The van der Waals surface area contributed by atoms with Crippen LogP contribution in [0, 0.1) is 0 Å². The first-order valence-electron chi connectivity index (χ1n) is 7.82. The molecule has 1 saturated heterocycles. The largest absolute Gasteiger partial charge is 0.394 e. The third-order valence-electron chi connectivity index (χ3n) is 4.41. The summed E-state index contributed by atoms with van der Waals surface area (Å²) in [6.07, 6.45) is 7.88. The molecule has 0 aliphatic carbocycles. The maximum absolute atomic E-state index is 9.14. The molecular weight excluding hydrogens is 280 g/mol. The van der Waals surface area contributed by atoms with Gasteiger partial charge in [-0.05, 0) is 12.8 Å². The van der Waals surface area contributed by atoms with E-state index in [0.29, 0.717) is 6.54 Å². The Labute approximate surface area is 129 Å². The molecule has 2 aromatic heterocycles. The van der Waals surface area contributed by atoms with Crippen LogP contribution in [0.2, 0.25) is 0 Å². The minimum absolute atomic E-state index is 0.109. The van der Waals surface area contributed by atoms with Crippen LogP contribution in [0.1, 0.15) is 24.1 Å². The first kappa shape index (κ1) is 13.5. The van der Waals surface area contributed by atoms with Crippen molar-refractivity contribution in [2.45, 2.75) is 32.5 Å². The molecule has 0 saturated carbocycles. The van der Waals surface area contributed by atoms with Gasteiger partial charge in [-0.1, -0.05) is 0 Å². The lowest BCUT2D eigenvalue weighted by Gasteiger charge is -2.24. The molecule has 1 N–H and O–H groups in total. The van der Waals surface area contributed by atoms with E-state index in [1.54, 1.807) is 12.4 Å². The van der Waals surface area contributed by atoms with Gasteiger partial charge in [0.05, 0.1) is 31.6 Å². The Morgan fingerprint density at radius 1 is 1.00 bits per heavy atom. The Balaban J connectivity index is 1.61. The molecule has 2 aromatic rings. The Morgan fingerprint density at radius 2 is 1.73 bits per heavy atom. The average Bonchev–Trinajstić information content (AvgIpc) is 3.25. The molecular formula is C15H20N6O. The zero-order valence-electron chi connectivity index (χ0n) is 12.5. The van der Waals surface area contributed by atoms with E-state index in [2.05, 4.69) is 24.9 Å². The molecule has 0 bridgehead atoms. The number of fused-ring (bicyclic) bond motifs is 1. The Bertz CT molecular complexity index is 664. The van der Waals surface area contributed by atoms with E-state index < -0.39 is 0 Å². The maximum atomic E-state index is 9.14. The van der Waals surface area contributed by atoms with Gasteiger partial charge in [0.1, 0.15) is 0 Å². The monoisotopic (exact) mass is 300 g/mol. The molecule has 2 aliphatic rings. The summed E-state index contributed by atoms with van der Waals surface area (Å²) in [4.78, 5) is 13.7. The van der Waals surface area contributed by atoms with E-state index in [4.69, 9.17) is 5.11 Å². The lowest BCUT2D eigenvalue weighted by molar-refractivity contribution is 0.267. The van der Waals surface area contributed by atoms with Crippen LogP contribution in [0.15, 0.2) is 18.6 Å². The van der Waals surface area contributed by atoms with E-state index >= 15 is 0 Å². The van der Waals surface area contributed by atoms with Crippen molar-refractivity contribution in [2.24, 2.45) is 0 Å². The average molecular weight is 300 g/mol. The summed E-state index contributed by atoms with van der Waals surface area (Å²) >= 11 is 0. The normalized spacial score (nSPS) is 17.3. The molecule has 0 radical (unpaired) electrons. The molecule has 7 heteroatoms. The van der Waals surface area contributed by atoms with Gasteiger partial charge in [-0.2, -0.15) is 5.10 Å². The maximum Gasteiger partial charge on any atom is 0.172 e. The summed E-state index contributed by atoms with van der Waals surface area (Å²) < 4.78 is 1.89. The van der Waals surface area contributed by atoms with Gasteiger partial charge in [0, 0.05) is 37.6 Å². The van der Waals surface area contributed by atoms with Crippen LogP contribution in [-0.4, -0.2) is 44.6 Å². The second kappa shape index (κ2) is 5.57. The smallest absolute Gasteiger partial charge is 0.172 e. The van der Waals surface area contributed by atoms with Crippen molar-refractivity contribution in [3.63, 3.8) is 0 Å². The fourth-order valence-corrected chi connectivity index (χ4v) is 3.34. The molecule has 0 amide bonds. The molecule has 4 rings (SSSR count). The molecule has 2 aliphatic heterocycles. The quantitative estimate of drug-likeness (QED) is 0.900. The SMILES string of the molecule is OCCn1ncc2c1CN(c1nccnc1N1CCCC1)C2. The summed E-state index contributed by atoms with van der Waals surface area (Å²) in [5.74, 6) is 1.95. The number of rotatable bonds is 4. The molecule has 4 heterocycles. The fourth-order valence-electron chi connectivity index (χ4n) is 3.34. The van der Waals surface area contributed by atoms with Crippen molar-refractivity contribution >= 4 is 11.6 Å². The van der Waals surface area contributed by atoms with E-state index in [1.165, 1.54) is 24.1 Å². The highest BCUT2D eigenvalue weighted by atomic mass is 16.3. The van der Waals surface area contributed by atoms with E-state index in [0.717, 1.165) is 37.8 Å². The zero-order valence-corrected chi connectivity index (χ0v) is 12.5. The number of nitrogens with zero attached hydrogens (tertiary/aromatic N) is 6. The van der Waals surface area contributed by atoms with Gasteiger partial charge in [-0.3, -0.25) is 4.68 Å². The molecule has 0 unspecified atom stereocenters. The molecule has 116 valence electrons. The van der Waals surface area contributed by atoms with Crippen LogP contribution in [-0.2, 0) is 19.6 Å². The van der Waals surface area contributed by atoms with Crippen molar-refractivity contribution in [3.8, 4) is 0 Å². The van der Waals surface area contributed by atoms with E-state index in [1.807, 2.05) is 10.9 Å². The number of aliphatic hydroxyl groups is 1. The summed E-state index contributed by atoms with van der Waals surface area (Å²) in [6.45, 7) is 4.35. The van der Waals surface area contributed by atoms with Crippen molar-refractivity contribution in [1.82, 2.24) is 19.7 Å². The first-order chi connectivity index (χ1) is 10.9. The van der Waals surface area contributed by atoms with Gasteiger partial charge in [0.25, 0.3) is 0 Å². The molecule has 0 aromatic carbocycles. The highest BCUT2D eigenvalue weighted by molar-refractivity contribution is 5.64. The Morgan fingerprint density at radius 3 is 2.45 bits per heavy atom. The fraction of sp³-hybridized carbons (Fsp3) is 0.533. The van der Waals surface area contributed by atoms with Gasteiger partial charge in [0.2, 0.25) is 0 Å². The van der Waals surface area contributed by atoms with Crippen LogP contribution >= 0.6 is 0 Å². The lowest BCUT2D eigenvalue weighted by Crippen LogP contribution is -2.25. The summed E-state index contributed by atoms with van der Waals surface area (Å²) in [6, 6.07) is 0. The zero-order chi connectivity index (χ0) is 14.9. The molecule has 22 heavy (non-hydrogen) atoms. The van der Waals surface area contributed by atoms with Crippen LogP contribution in [0.4, 0.5) is 11.6 Å². The van der Waals surface area contributed by atoms with Crippen molar-refractivity contribution < 1.29 is 5.11 Å². The van der Waals surface area contributed by atoms with Crippen molar-refractivity contribution in [3.05, 3.63) is 29.8 Å². The van der Waals surface area contributed by atoms with Gasteiger partial charge >= 0.3 is 0 Å². The third kappa shape index (κ3) is 2.21. The molecule has 1 fully saturated rings. The topological polar surface area (TPSA) is 70.3 Å². The van der Waals surface area contributed by atoms with Crippen LogP contribution in [0.25, 0.3) is 0 Å². The molecule has 0 spiro atoms. The second-order valence-corrected chi connectivity index (χ2v) is 5.82. The van der Waals surface area contributed by atoms with Gasteiger partial charge in [-0.25, -0.2) is 9.97 Å².